The number of benzene rings is 2. The van der Waals surface area contributed by atoms with Crippen molar-refractivity contribution in [1.29, 1.82) is 0 Å². The summed E-state index contributed by atoms with van der Waals surface area (Å²) in [7, 11) is 0. The van der Waals surface area contributed by atoms with E-state index in [1.807, 2.05) is 30.3 Å². The van der Waals surface area contributed by atoms with Gasteiger partial charge in [0.2, 0.25) is 0 Å². The van der Waals surface area contributed by atoms with Crippen LogP contribution < -0.4 is 0 Å². The summed E-state index contributed by atoms with van der Waals surface area (Å²) in [4.78, 5) is 12.3. The second kappa shape index (κ2) is 8.29. The summed E-state index contributed by atoms with van der Waals surface area (Å²) < 4.78 is 0. The Morgan fingerprint density at radius 2 is 1.56 bits per heavy atom. The third kappa shape index (κ3) is 4.69. The van der Waals surface area contributed by atoms with E-state index in [4.69, 9.17) is 0 Å². The summed E-state index contributed by atoms with van der Waals surface area (Å²) in [6, 6.07) is 16.7. The van der Waals surface area contributed by atoms with Gasteiger partial charge >= 0.3 is 0 Å². The second-order valence-corrected chi connectivity index (χ2v) is 7.48. The van der Waals surface area contributed by atoms with Crippen LogP contribution in [0.25, 0.3) is 6.08 Å². The van der Waals surface area contributed by atoms with Crippen molar-refractivity contribution in [1.82, 2.24) is 0 Å². The highest BCUT2D eigenvalue weighted by atomic mass is 16.1. The largest absolute Gasteiger partial charge is 0.289 e. The second-order valence-electron chi connectivity index (χ2n) is 7.48. The van der Waals surface area contributed by atoms with E-state index in [2.05, 4.69) is 38.1 Å². The normalized spacial score (nSPS) is 15.8. The third-order valence-electron chi connectivity index (χ3n) is 5.30. The van der Waals surface area contributed by atoms with Gasteiger partial charge in [-0.15, -0.1) is 0 Å². The van der Waals surface area contributed by atoms with Crippen molar-refractivity contribution in [3.63, 3.8) is 0 Å². The molecule has 0 heterocycles. The maximum Gasteiger partial charge on any atom is 0.185 e. The first-order valence-corrected chi connectivity index (χ1v) is 9.56. The molecule has 0 unspecified atom stereocenters. The zero-order valence-electron chi connectivity index (χ0n) is 15.4. The summed E-state index contributed by atoms with van der Waals surface area (Å²) in [5, 5.41) is 0. The van der Waals surface area contributed by atoms with Gasteiger partial charge in [-0.25, -0.2) is 0 Å². The van der Waals surface area contributed by atoms with Crippen molar-refractivity contribution in [2.24, 2.45) is 0 Å². The van der Waals surface area contributed by atoms with E-state index >= 15 is 0 Å². The average molecular weight is 332 g/mol. The molecular formula is C24H28O. The molecule has 0 amide bonds. The fraction of sp³-hybridized carbons (Fsp3) is 0.375. The lowest BCUT2D eigenvalue weighted by atomic mass is 9.84. The standard InChI is InChI=1S/C24H28O/c1-18(2)20-13-15-23(16-14-20)24(25)17-10-19-8-11-22(12-9-19)21-6-4-3-5-7-21/h8-18,21H,3-7H2,1-2H3/b17-10+. The minimum atomic E-state index is 0.0617. The first-order valence-electron chi connectivity index (χ1n) is 9.56. The quantitative estimate of drug-likeness (QED) is 0.437. The van der Waals surface area contributed by atoms with Gasteiger partial charge in [0.25, 0.3) is 0 Å². The van der Waals surface area contributed by atoms with Gasteiger partial charge in [-0.3, -0.25) is 4.79 Å². The van der Waals surface area contributed by atoms with Crippen LogP contribution in [0.4, 0.5) is 0 Å². The van der Waals surface area contributed by atoms with E-state index in [1.165, 1.54) is 43.2 Å². The minimum absolute atomic E-state index is 0.0617. The van der Waals surface area contributed by atoms with Crippen LogP contribution in [0.2, 0.25) is 0 Å². The van der Waals surface area contributed by atoms with Gasteiger partial charge in [-0.05, 0) is 47.4 Å². The molecule has 1 aliphatic rings. The van der Waals surface area contributed by atoms with Gasteiger partial charge in [0, 0.05) is 5.56 Å². The molecule has 1 heteroatoms. The van der Waals surface area contributed by atoms with Crippen LogP contribution in [-0.2, 0) is 0 Å². The van der Waals surface area contributed by atoms with Gasteiger partial charge < -0.3 is 0 Å². The molecule has 3 rings (SSSR count). The van der Waals surface area contributed by atoms with Crippen molar-refractivity contribution >= 4 is 11.9 Å². The van der Waals surface area contributed by atoms with Gasteiger partial charge in [-0.2, -0.15) is 0 Å². The lowest BCUT2D eigenvalue weighted by molar-refractivity contribution is 0.104. The van der Waals surface area contributed by atoms with Gasteiger partial charge in [0.1, 0.15) is 0 Å². The molecule has 0 radical (unpaired) electrons. The Hall–Kier alpha value is -2.15. The number of carbonyl (C=O) groups is 1. The minimum Gasteiger partial charge on any atom is -0.289 e. The van der Waals surface area contributed by atoms with Crippen molar-refractivity contribution in [3.8, 4) is 0 Å². The molecule has 1 fully saturated rings. The Kier molecular flexibility index (Phi) is 5.86. The van der Waals surface area contributed by atoms with Crippen molar-refractivity contribution in [2.45, 2.75) is 57.8 Å². The average Bonchev–Trinajstić information content (AvgIpc) is 2.67. The van der Waals surface area contributed by atoms with Crippen LogP contribution in [0, 0.1) is 0 Å². The first kappa shape index (κ1) is 17.7. The number of rotatable bonds is 5. The van der Waals surface area contributed by atoms with Gasteiger partial charge in [-0.1, -0.05) is 87.7 Å². The number of hydrogen-bond donors (Lipinski definition) is 0. The maximum atomic E-state index is 12.3. The molecule has 0 aliphatic heterocycles. The smallest absolute Gasteiger partial charge is 0.185 e. The van der Waals surface area contributed by atoms with E-state index < -0.39 is 0 Å². The van der Waals surface area contributed by atoms with Crippen LogP contribution in [0.3, 0.4) is 0 Å². The van der Waals surface area contributed by atoms with Crippen LogP contribution in [0.5, 0.6) is 0 Å². The Labute approximate surface area is 151 Å². The van der Waals surface area contributed by atoms with E-state index in [0.717, 1.165) is 17.0 Å². The monoisotopic (exact) mass is 332 g/mol. The van der Waals surface area contributed by atoms with Gasteiger partial charge in [0.05, 0.1) is 0 Å². The number of carbonyl (C=O) groups excluding carboxylic acids is 1. The fourth-order valence-electron chi connectivity index (χ4n) is 3.62. The summed E-state index contributed by atoms with van der Waals surface area (Å²) in [6.07, 6.45) is 10.3. The van der Waals surface area contributed by atoms with Crippen molar-refractivity contribution in [2.75, 3.05) is 0 Å². The Morgan fingerprint density at radius 3 is 2.16 bits per heavy atom. The van der Waals surface area contributed by atoms with Crippen molar-refractivity contribution in [3.05, 3.63) is 76.9 Å². The molecule has 1 saturated carbocycles. The zero-order chi connectivity index (χ0) is 17.6. The van der Waals surface area contributed by atoms with E-state index in [-0.39, 0.29) is 5.78 Å². The van der Waals surface area contributed by atoms with Crippen molar-refractivity contribution < 1.29 is 4.79 Å². The summed E-state index contributed by atoms with van der Waals surface area (Å²) in [5.41, 5.74) is 4.55. The Balaban J connectivity index is 1.63. The molecule has 0 aromatic heterocycles. The number of hydrogen-bond acceptors (Lipinski definition) is 1. The summed E-state index contributed by atoms with van der Waals surface area (Å²) in [6.45, 7) is 4.32. The topological polar surface area (TPSA) is 17.1 Å². The van der Waals surface area contributed by atoms with Crippen LogP contribution in [0.1, 0.15) is 84.8 Å². The van der Waals surface area contributed by atoms with E-state index in [1.54, 1.807) is 6.08 Å². The molecular weight excluding hydrogens is 304 g/mol. The van der Waals surface area contributed by atoms with Crippen LogP contribution in [-0.4, -0.2) is 5.78 Å². The highest BCUT2D eigenvalue weighted by Crippen LogP contribution is 2.32. The predicted octanol–water partition coefficient (Wildman–Crippen LogP) is 6.75. The first-order chi connectivity index (χ1) is 12.1. The lowest BCUT2D eigenvalue weighted by Gasteiger charge is -2.21. The summed E-state index contributed by atoms with van der Waals surface area (Å²) >= 11 is 0. The number of ketones is 1. The molecule has 0 saturated heterocycles. The number of allylic oxidation sites excluding steroid dienone is 1. The zero-order valence-corrected chi connectivity index (χ0v) is 15.4. The molecule has 130 valence electrons. The van der Waals surface area contributed by atoms with Crippen LogP contribution >= 0.6 is 0 Å². The van der Waals surface area contributed by atoms with E-state index in [0.29, 0.717) is 5.92 Å². The molecule has 0 atom stereocenters. The molecule has 0 bridgehead atoms. The summed E-state index contributed by atoms with van der Waals surface area (Å²) in [5.74, 6) is 1.28. The van der Waals surface area contributed by atoms with E-state index in [9.17, 15) is 4.79 Å². The predicted molar refractivity (Wildman–Crippen MR) is 106 cm³/mol. The molecule has 0 spiro atoms. The molecule has 25 heavy (non-hydrogen) atoms. The molecule has 2 aromatic carbocycles. The Bertz CT molecular complexity index is 714. The molecule has 1 nitrogen and oxygen atoms in total. The third-order valence-corrected chi connectivity index (χ3v) is 5.30. The SMILES string of the molecule is CC(C)c1ccc(C(=O)/C=C/c2ccc(C3CCCCC3)cc2)cc1. The maximum absolute atomic E-state index is 12.3. The molecule has 1 aliphatic carbocycles. The Morgan fingerprint density at radius 1 is 0.920 bits per heavy atom. The fourth-order valence-corrected chi connectivity index (χ4v) is 3.62. The molecule has 0 N–H and O–H groups in total. The highest BCUT2D eigenvalue weighted by Gasteiger charge is 2.14. The lowest BCUT2D eigenvalue weighted by Crippen LogP contribution is -2.04. The van der Waals surface area contributed by atoms with Gasteiger partial charge in [0.15, 0.2) is 5.78 Å². The highest BCUT2D eigenvalue weighted by molar-refractivity contribution is 6.06. The van der Waals surface area contributed by atoms with Crippen LogP contribution in [0.15, 0.2) is 54.6 Å². The molecule has 2 aromatic rings.